The molecule has 0 bridgehead atoms. The van der Waals surface area contributed by atoms with E-state index < -0.39 is 0 Å². The van der Waals surface area contributed by atoms with Gasteiger partial charge in [-0.25, -0.2) is 9.97 Å². The zero-order valence-electron chi connectivity index (χ0n) is 11.1. The first kappa shape index (κ1) is 12.7. The summed E-state index contributed by atoms with van der Waals surface area (Å²) in [5, 5.41) is 4.52. The molecule has 19 heavy (non-hydrogen) atoms. The van der Waals surface area contributed by atoms with E-state index in [1.165, 1.54) is 12.8 Å². The minimum absolute atomic E-state index is 0.696. The highest BCUT2D eigenvalue weighted by Gasteiger charge is 2.15. The zero-order valence-corrected chi connectivity index (χ0v) is 11.9. The molecule has 1 saturated heterocycles. The lowest BCUT2D eigenvalue weighted by atomic mass is 9.95. The van der Waals surface area contributed by atoms with Gasteiger partial charge in [-0.05, 0) is 45.2 Å². The highest BCUT2D eigenvalue weighted by Crippen LogP contribution is 2.24. The molecule has 5 heteroatoms. The summed E-state index contributed by atoms with van der Waals surface area (Å²) in [6.07, 6.45) is 9.19. The lowest BCUT2D eigenvalue weighted by molar-refractivity contribution is 0.373. The van der Waals surface area contributed by atoms with Gasteiger partial charge in [0.1, 0.15) is 5.69 Å². The van der Waals surface area contributed by atoms with Gasteiger partial charge in [0.25, 0.3) is 0 Å². The topological polar surface area (TPSA) is 50.7 Å². The van der Waals surface area contributed by atoms with Gasteiger partial charge in [0, 0.05) is 12.4 Å². The average Bonchev–Trinajstić information content (AvgIpc) is 2.87. The predicted molar refractivity (Wildman–Crippen MR) is 77.2 cm³/mol. The molecule has 0 aliphatic carbocycles. The predicted octanol–water partition coefficient (Wildman–Crippen LogP) is 2.45. The van der Waals surface area contributed by atoms with Crippen LogP contribution in [0, 0.1) is 12.8 Å². The van der Waals surface area contributed by atoms with Crippen molar-refractivity contribution in [2.75, 3.05) is 13.1 Å². The highest BCUT2D eigenvalue weighted by atomic mass is 32.1. The van der Waals surface area contributed by atoms with Crippen molar-refractivity contribution in [3.05, 3.63) is 29.3 Å². The highest BCUT2D eigenvalue weighted by molar-refractivity contribution is 7.15. The SMILES string of the molecule is Cc1ncc(-c2cncc(C[C@H]3CCCNC3)n2)s1. The van der Waals surface area contributed by atoms with Gasteiger partial charge in [-0.2, -0.15) is 0 Å². The van der Waals surface area contributed by atoms with E-state index >= 15 is 0 Å². The first-order chi connectivity index (χ1) is 9.31. The minimum atomic E-state index is 0.696. The van der Waals surface area contributed by atoms with Crippen LogP contribution < -0.4 is 5.32 Å². The molecule has 0 saturated carbocycles. The van der Waals surface area contributed by atoms with Crippen LogP contribution in [0.3, 0.4) is 0 Å². The van der Waals surface area contributed by atoms with Gasteiger partial charge in [-0.1, -0.05) is 0 Å². The molecule has 2 aromatic rings. The number of nitrogens with zero attached hydrogens (tertiary/aromatic N) is 3. The molecular weight excluding hydrogens is 256 g/mol. The second-order valence-electron chi connectivity index (χ2n) is 5.06. The van der Waals surface area contributed by atoms with E-state index in [-0.39, 0.29) is 0 Å². The van der Waals surface area contributed by atoms with Crippen molar-refractivity contribution in [1.82, 2.24) is 20.3 Å². The van der Waals surface area contributed by atoms with E-state index in [1.54, 1.807) is 11.3 Å². The summed E-state index contributed by atoms with van der Waals surface area (Å²) in [6, 6.07) is 0. The summed E-state index contributed by atoms with van der Waals surface area (Å²) < 4.78 is 0. The molecule has 100 valence electrons. The van der Waals surface area contributed by atoms with E-state index in [9.17, 15) is 0 Å². The molecule has 0 radical (unpaired) electrons. The van der Waals surface area contributed by atoms with Gasteiger partial charge in [-0.15, -0.1) is 11.3 Å². The van der Waals surface area contributed by atoms with Gasteiger partial charge < -0.3 is 5.32 Å². The lowest BCUT2D eigenvalue weighted by Gasteiger charge is -2.22. The summed E-state index contributed by atoms with van der Waals surface area (Å²) in [7, 11) is 0. The van der Waals surface area contributed by atoms with Crippen LogP contribution in [0.2, 0.25) is 0 Å². The van der Waals surface area contributed by atoms with E-state index in [0.29, 0.717) is 5.92 Å². The second-order valence-corrected chi connectivity index (χ2v) is 6.29. The third-order valence-electron chi connectivity index (χ3n) is 3.45. The van der Waals surface area contributed by atoms with Gasteiger partial charge in [-0.3, -0.25) is 4.98 Å². The van der Waals surface area contributed by atoms with Crippen LogP contribution in [0.25, 0.3) is 10.6 Å². The first-order valence-corrected chi connectivity index (χ1v) is 7.57. The van der Waals surface area contributed by atoms with Crippen molar-refractivity contribution in [2.45, 2.75) is 26.2 Å². The number of hydrogen-bond acceptors (Lipinski definition) is 5. The van der Waals surface area contributed by atoms with E-state index in [4.69, 9.17) is 4.98 Å². The molecule has 0 aromatic carbocycles. The summed E-state index contributed by atoms with van der Waals surface area (Å²) in [5.74, 6) is 0.696. The van der Waals surface area contributed by atoms with Crippen LogP contribution in [0.4, 0.5) is 0 Å². The van der Waals surface area contributed by atoms with Crippen LogP contribution in [-0.2, 0) is 6.42 Å². The standard InChI is InChI=1S/C14H18N4S/c1-10-17-9-14(19-10)13-8-16-7-12(18-13)5-11-3-2-4-15-6-11/h7-9,11,15H,2-6H2,1H3/t11-/m1/s1. The molecular formula is C14H18N4S. The Hall–Kier alpha value is -1.33. The van der Waals surface area contributed by atoms with Crippen molar-refractivity contribution >= 4 is 11.3 Å². The van der Waals surface area contributed by atoms with Crippen LogP contribution in [-0.4, -0.2) is 28.0 Å². The smallest absolute Gasteiger partial charge is 0.100 e. The maximum Gasteiger partial charge on any atom is 0.100 e. The molecule has 0 amide bonds. The summed E-state index contributed by atoms with van der Waals surface area (Å²) in [5.41, 5.74) is 2.05. The Balaban J connectivity index is 1.75. The molecule has 1 N–H and O–H groups in total. The normalized spacial score (nSPS) is 19.5. The number of piperidine rings is 1. The number of thiazole rings is 1. The maximum absolute atomic E-state index is 4.73. The Labute approximate surface area is 117 Å². The van der Waals surface area contributed by atoms with Crippen LogP contribution in [0.15, 0.2) is 18.6 Å². The first-order valence-electron chi connectivity index (χ1n) is 6.76. The molecule has 0 spiro atoms. The van der Waals surface area contributed by atoms with Crippen LogP contribution in [0.5, 0.6) is 0 Å². The van der Waals surface area contributed by atoms with E-state index in [0.717, 1.165) is 40.8 Å². The Morgan fingerprint density at radius 2 is 2.32 bits per heavy atom. The zero-order chi connectivity index (χ0) is 13.1. The molecule has 1 fully saturated rings. The number of rotatable bonds is 3. The molecule has 1 aliphatic rings. The molecule has 0 unspecified atom stereocenters. The van der Waals surface area contributed by atoms with Gasteiger partial charge in [0.2, 0.25) is 0 Å². The van der Waals surface area contributed by atoms with Gasteiger partial charge in [0.05, 0.1) is 21.8 Å². The number of aromatic nitrogens is 3. The Kier molecular flexibility index (Phi) is 3.84. The summed E-state index contributed by atoms with van der Waals surface area (Å²) >= 11 is 1.67. The van der Waals surface area contributed by atoms with Crippen molar-refractivity contribution in [1.29, 1.82) is 0 Å². The molecule has 1 atom stereocenters. The molecule has 3 heterocycles. The summed E-state index contributed by atoms with van der Waals surface area (Å²) in [6.45, 7) is 4.27. The molecule has 1 aliphatic heterocycles. The molecule has 4 nitrogen and oxygen atoms in total. The summed E-state index contributed by atoms with van der Waals surface area (Å²) in [4.78, 5) is 14.4. The Morgan fingerprint density at radius 3 is 3.05 bits per heavy atom. The maximum atomic E-state index is 4.73. The average molecular weight is 274 g/mol. The number of aryl methyl sites for hydroxylation is 1. The lowest BCUT2D eigenvalue weighted by Crippen LogP contribution is -2.31. The number of hydrogen-bond donors (Lipinski definition) is 1. The molecule has 2 aromatic heterocycles. The minimum Gasteiger partial charge on any atom is -0.316 e. The van der Waals surface area contributed by atoms with Gasteiger partial charge in [0.15, 0.2) is 0 Å². The fourth-order valence-electron chi connectivity index (χ4n) is 2.50. The third kappa shape index (κ3) is 3.16. The third-order valence-corrected chi connectivity index (χ3v) is 4.39. The van der Waals surface area contributed by atoms with Crippen molar-refractivity contribution in [3.8, 4) is 10.6 Å². The fourth-order valence-corrected chi connectivity index (χ4v) is 3.23. The monoisotopic (exact) mass is 274 g/mol. The van der Waals surface area contributed by atoms with Crippen molar-refractivity contribution < 1.29 is 0 Å². The quantitative estimate of drug-likeness (QED) is 0.934. The van der Waals surface area contributed by atoms with Crippen molar-refractivity contribution in [2.24, 2.45) is 5.92 Å². The van der Waals surface area contributed by atoms with Gasteiger partial charge >= 0.3 is 0 Å². The Morgan fingerprint density at radius 1 is 1.37 bits per heavy atom. The number of nitrogens with one attached hydrogen (secondary N) is 1. The van der Waals surface area contributed by atoms with Crippen LogP contribution in [0.1, 0.15) is 23.5 Å². The molecule has 3 rings (SSSR count). The van der Waals surface area contributed by atoms with Crippen LogP contribution >= 0.6 is 11.3 Å². The fraction of sp³-hybridized carbons (Fsp3) is 0.500. The van der Waals surface area contributed by atoms with E-state index in [2.05, 4.69) is 15.3 Å². The second kappa shape index (κ2) is 5.75. The largest absolute Gasteiger partial charge is 0.316 e. The van der Waals surface area contributed by atoms with E-state index in [1.807, 2.05) is 25.5 Å². The van der Waals surface area contributed by atoms with Crippen molar-refractivity contribution in [3.63, 3.8) is 0 Å². The Bertz CT molecular complexity index is 546.